The molecule has 4 rings (SSSR count). The van der Waals surface area contributed by atoms with Crippen LogP contribution in [-0.2, 0) is 29.6 Å². The molecule has 0 saturated heterocycles. The molecular weight excluding hydrogens is 571 g/mol. The van der Waals surface area contributed by atoms with Gasteiger partial charge in [-0.15, -0.1) is 22.7 Å². The van der Waals surface area contributed by atoms with Gasteiger partial charge in [0, 0.05) is 13.1 Å². The SMILES string of the molecule is CN(C(=O)COC(=O)c1cc(NS(=O)(=O)c2cccs2)cc(NS(=O)(=O)c2cccs2)c1)C1CCCCC1. The molecule has 2 N–H and O–H groups in total. The van der Waals surface area contributed by atoms with Gasteiger partial charge in [-0.1, -0.05) is 31.4 Å². The maximum Gasteiger partial charge on any atom is 0.338 e. The highest BCUT2D eigenvalue weighted by atomic mass is 32.3. The summed E-state index contributed by atoms with van der Waals surface area (Å²) in [5, 5.41) is 3.20. The summed E-state index contributed by atoms with van der Waals surface area (Å²) in [6, 6.07) is 9.80. The quantitative estimate of drug-likeness (QED) is 0.331. The van der Waals surface area contributed by atoms with Crippen molar-refractivity contribution in [3.8, 4) is 0 Å². The number of ether oxygens (including phenoxy) is 1. The number of hydrogen-bond donors (Lipinski definition) is 2. The van der Waals surface area contributed by atoms with Crippen molar-refractivity contribution >= 4 is 66.0 Å². The minimum absolute atomic E-state index is 0.0440. The van der Waals surface area contributed by atoms with E-state index in [0.29, 0.717) is 0 Å². The summed E-state index contributed by atoms with van der Waals surface area (Å²) in [6.45, 7) is -0.493. The van der Waals surface area contributed by atoms with E-state index in [-0.39, 0.29) is 37.3 Å². The number of sulfonamides is 2. The Hall–Kier alpha value is -2.94. The van der Waals surface area contributed by atoms with E-state index in [2.05, 4.69) is 9.44 Å². The zero-order valence-corrected chi connectivity index (χ0v) is 23.7. The van der Waals surface area contributed by atoms with E-state index in [0.717, 1.165) is 54.8 Å². The molecule has 0 spiro atoms. The number of hydrogen-bond acceptors (Lipinski definition) is 9. The van der Waals surface area contributed by atoms with Crippen molar-refractivity contribution < 1.29 is 31.2 Å². The fourth-order valence-electron chi connectivity index (χ4n) is 4.09. The van der Waals surface area contributed by atoms with Gasteiger partial charge >= 0.3 is 5.97 Å². The van der Waals surface area contributed by atoms with Crippen LogP contribution in [0, 0.1) is 0 Å². The number of carbonyl (C=O) groups is 2. The lowest BCUT2D eigenvalue weighted by atomic mass is 9.94. The Balaban J connectivity index is 1.55. The molecule has 14 heteroatoms. The van der Waals surface area contributed by atoms with Crippen LogP contribution < -0.4 is 9.44 Å². The molecule has 204 valence electrons. The fourth-order valence-corrected chi connectivity index (χ4v) is 8.16. The number of benzene rings is 1. The average molecular weight is 598 g/mol. The van der Waals surface area contributed by atoms with E-state index in [1.807, 2.05) is 0 Å². The highest BCUT2D eigenvalue weighted by molar-refractivity contribution is 7.95. The Morgan fingerprint density at radius 2 is 1.42 bits per heavy atom. The fraction of sp³-hybridized carbons (Fsp3) is 0.333. The number of thiophene rings is 2. The van der Waals surface area contributed by atoms with Gasteiger partial charge in [0.1, 0.15) is 8.42 Å². The Kier molecular flexibility index (Phi) is 8.75. The number of esters is 1. The van der Waals surface area contributed by atoms with Gasteiger partial charge in [-0.2, -0.15) is 0 Å². The summed E-state index contributed by atoms with van der Waals surface area (Å²) in [5.41, 5.74) is -0.238. The maximum atomic E-state index is 12.9. The number of nitrogens with one attached hydrogen (secondary N) is 2. The summed E-state index contributed by atoms with van der Waals surface area (Å²) in [4.78, 5) is 27.1. The molecule has 2 aromatic heterocycles. The first-order chi connectivity index (χ1) is 18.0. The summed E-state index contributed by atoms with van der Waals surface area (Å²) >= 11 is 2.01. The molecule has 0 aliphatic heterocycles. The minimum Gasteiger partial charge on any atom is -0.452 e. The molecule has 0 unspecified atom stereocenters. The number of rotatable bonds is 10. The molecule has 1 aliphatic rings. The molecule has 1 aliphatic carbocycles. The third-order valence-corrected chi connectivity index (χ3v) is 11.6. The van der Waals surface area contributed by atoms with Gasteiger partial charge in [0.2, 0.25) is 0 Å². The van der Waals surface area contributed by atoms with Gasteiger partial charge < -0.3 is 9.64 Å². The topological polar surface area (TPSA) is 139 Å². The number of anilines is 2. The molecule has 0 radical (unpaired) electrons. The Bertz CT molecular complexity index is 1390. The molecule has 0 atom stereocenters. The van der Waals surface area contributed by atoms with Crippen molar-refractivity contribution in [2.45, 2.75) is 46.6 Å². The third-order valence-electron chi connectivity index (χ3n) is 6.04. The molecule has 1 aromatic carbocycles. The van der Waals surface area contributed by atoms with Crippen LogP contribution in [0.3, 0.4) is 0 Å². The van der Waals surface area contributed by atoms with Crippen molar-refractivity contribution in [1.29, 1.82) is 0 Å². The molecule has 1 fully saturated rings. The Morgan fingerprint density at radius 1 is 0.895 bits per heavy atom. The van der Waals surface area contributed by atoms with Crippen LogP contribution in [0.5, 0.6) is 0 Å². The summed E-state index contributed by atoms with van der Waals surface area (Å²) in [6.07, 6.45) is 5.02. The molecule has 38 heavy (non-hydrogen) atoms. The molecule has 2 heterocycles. The van der Waals surface area contributed by atoms with Crippen molar-refractivity contribution in [3.63, 3.8) is 0 Å². The Labute approximate surface area is 229 Å². The monoisotopic (exact) mass is 597 g/mol. The van der Waals surface area contributed by atoms with Crippen LogP contribution in [0.4, 0.5) is 11.4 Å². The van der Waals surface area contributed by atoms with E-state index in [4.69, 9.17) is 4.74 Å². The first-order valence-electron chi connectivity index (χ1n) is 11.8. The van der Waals surface area contributed by atoms with Crippen molar-refractivity contribution in [2.24, 2.45) is 0 Å². The molecule has 3 aromatic rings. The highest BCUT2D eigenvalue weighted by Gasteiger charge is 2.24. The van der Waals surface area contributed by atoms with Gasteiger partial charge in [-0.05, 0) is 53.9 Å². The van der Waals surface area contributed by atoms with E-state index in [1.54, 1.807) is 34.8 Å². The largest absolute Gasteiger partial charge is 0.452 e. The van der Waals surface area contributed by atoms with Gasteiger partial charge in [-0.3, -0.25) is 14.2 Å². The third kappa shape index (κ3) is 6.92. The van der Waals surface area contributed by atoms with Crippen molar-refractivity contribution in [2.75, 3.05) is 23.1 Å². The smallest absolute Gasteiger partial charge is 0.338 e. The lowest BCUT2D eigenvalue weighted by Gasteiger charge is -2.31. The van der Waals surface area contributed by atoms with Crippen LogP contribution in [0.15, 0.2) is 61.6 Å². The first-order valence-corrected chi connectivity index (χ1v) is 16.5. The second-order valence-corrected chi connectivity index (χ2v) is 14.5. The standard InChI is InChI=1S/C24H27N3O7S4/c1-27(20-7-3-2-4-8-20)21(28)16-34-24(29)17-13-18(25-37(30,31)22-9-5-11-35-22)15-19(14-17)26-38(32,33)23-10-6-12-36-23/h5-6,9-15,20,25-26H,2-4,7-8,16H2,1H3. The van der Waals surface area contributed by atoms with Gasteiger partial charge in [0.15, 0.2) is 6.61 Å². The minimum atomic E-state index is -3.99. The highest BCUT2D eigenvalue weighted by Crippen LogP contribution is 2.27. The number of nitrogens with zero attached hydrogens (tertiary/aromatic N) is 1. The van der Waals surface area contributed by atoms with E-state index >= 15 is 0 Å². The second kappa shape index (κ2) is 11.8. The van der Waals surface area contributed by atoms with Crippen molar-refractivity contribution in [3.05, 3.63) is 58.8 Å². The normalized spacial score (nSPS) is 14.6. The van der Waals surface area contributed by atoms with Gasteiger partial charge in [-0.25, -0.2) is 21.6 Å². The maximum absolute atomic E-state index is 12.9. The number of carbonyl (C=O) groups excluding carboxylic acids is 2. The lowest BCUT2D eigenvalue weighted by molar-refractivity contribution is -0.135. The first kappa shape index (κ1) is 28.1. The number of likely N-dealkylation sites (N-methyl/N-ethyl adjacent to an activating group) is 1. The van der Waals surface area contributed by atoms with Crippen LogP contribution in [0.2, 0.25) is 0 Å². The lowest BCUT2D eigenvalue weighted by Crippen LogP contribution is -2.40. The Morgan fingerprint density at radius 3 is 1.89 bits per heavy atom. The predicted octanol–water partition coefficient (Wildman–Crippen LogP) is 4.36. The van der Waals surface area contributed by atoms with Crippen LogP contribution in [0.1, 0.15) is 42.5 Å². The van der Waals surface area contributed by atoms with Crippen LogP contribution >= 0.6 is 22.7 Å². The van der Waals surface area contributed by atoms with Crippen LogP contribution in [-0.4, -0.2) is 53.3 Å². The van der Waals surface area contributed by atoms with Crippen molar-refractivity contribution in [1.82, 2.24) is 4.90 Å². The van der Waals surface area contributed by atoms with E-state index in [1.165, 1.54) is 30.3 Å². The zero-order chi connectivity index (χ0) is 27.3. The predicted molar refractivity (Wildman–Crippen MR) is 147 cm³/mol. The molecule has 1 amide bonds. The van der Waals surface area contributed by atoms with Crippen LogP contribution in [0.25, 0.3) is 0 Å². The van der Waals surface area contributed by atoms with Gasteiger partial charge in [0.05, 0.1) is 16.9 Å². The number of amides is 1. The van der Waals surface area contributed by atoms with Gasteiger partial charge in [0.25, 0.3) is 26.0 Å². The molecule has 1 saturated carbocycles. The second-order valence-electron chi connectivity index (χ2n) is 8.75. The summed E-state index contributed by atoms with van der Waals surface area (Å²) in [5.74, 6) is -1.25. The molecule has 10 nitrogen and oxygen atoms in total. The molecular formula is C24H27N3O7S4. The van der Waals surface area contributed by atoms with E-state index in [9.17, 15) is 26.4 Å². The zero-order valence-electron chi connectivity index (χ0n) is 20.5. The summed E-state index contributed by atoms with van der Waals surface area (Å²) in [7, 11) is -6.29. The molecule has 0 bridgehead atoms. The average Bonchev–Trinajstić information content (AvgIpc) is 3.62. The van der Waals surface area contributed by atoms with E-state index < -0.39 is 32.6 Å². The summed E-state index contributed by atoms with van der Waals surface area (Å²) < 4.78 is 61.1.